The molecule has 0 radical (unpaired) electrons. The summed E-state index contributed by atoms with van der Waals surface area (Å²) >= 11 is 0. The number of aromatic carboxylic acids is 1. The third kappa shape index (κ3) is 3.81. The van der Waals surface area contributed by atoms with Crippen LogP contribution >= 0.6 is 0 Å². The molecule has 0 spiro atoms. The fraction of sp³-hybridized carbons (Fsp3) is 0.300. The smallest absolute Gasteiger partial charge is 0.352 e. The molecular weight excluding hydrogens is 256 g/mol. The zero-order valence-corrected chi connectivity index (χ0v) is 9.70. The van der Waals surface area contributed by atoms with E-state index in [4.69, 9.17) is 10.4 Å². The molecule has 0 atom stereocenters. The number of nitro groups is 1. The van der Waals surface area contributed by atoms with Gasteiger partial charge in [-0.1, -0.05) is 0 Å². The van der Waals surface area contributed by atoms with E-state index in [9.17, 15) is 19.7 Å². The van der Waals surface area contributed by atoms with E-state index in [0.717, 1.165) is 16.8 Å². The summed E-state index contributed by atoms with van der Waals surface area (Å²) in [7, 11) is 0. The third-order valence-corrected chi connectivity index (χ3v) is 2.18. The molecule has 0 saturated heterocycles. The highest BCUT2D eigenvalue weighted by molar-refractivity contribution is 5.88. The zero-order valence-electron chi connectivity index (χ0n) is 9.70. The van der Waals surface area contributed by atoms with Crippen LogP contribution in [0.2, 0.25) is 0 Å². The highest BCUT2D eigenvalue weighted by atomic mass is 16.6. The summed E-state index contributed by atoms with van der Waals surface area (Å²) in [6, 6.07) is 2.71. The number of nitrogens with zero attached hydrogens (tertiary/aromatic N) is 3. The Labute approximate surface area is 107 Å². The van der Waals surface area contributed by atoms with Crippen LogP contribution < -0.4 is 5.32 Å². The van der Waals surface area contributed by atoms with Crippen molar-refractivity contribution in [3.05, 3.63) is 28.1 Å². The molecule has 19 heavy (non-hydrogen) atoms. The number of hydrogen-bond donors (Lipinski definition) is 2. The van der Waals surface area contributed by atoms with Gasteiger partial charge in [-0.25, -0.2) is 4.79 Å². The Bertz CT molecular complexity index is 557. The van der Waals surface area contributed by atoms with Crippen LogP contribution in [0.1, 0.15) is 16.9 Å². The molecule has 9 heteroatoms. The number of rotatable bonds is 6. The minimum absolute atomic E-state index is 0.128. The third-order valence-electron chi connectivity index (χ3n) is 2.18. The second-order valence-electron chi connectivity index (χ2n) is 3.53. The predicted octanol–water partition coefficient (Wildman–Crippen LogP) is 0.124. The maximum absolute atomic E-state index is 11.4. The maximum atomic E-state index is 11.4. The van der Waals surface area contributed by atoms with Crippen LogP contribution in [-0.4, -0.2) is 33.0 Å². The summed E-state index contributed by atoms with van der Waals surface area (Å²) in [4.78, 5) is 32.1. The number of carbonyl (C=O) groups is 2. The van der Waals surface area contributed by atoms with Crippen molar-refractivity contribution in [1.82, 2.24) is 9.88 Å². The molecule has 1 amide bonds. The van der Waals surface area contributed by atoms with E-state index >= 15 is 0 Å². The van der Waals surface area contributed by atoms with E-state index in [1.807, 2.05) is 6.07 Å². The summed E-state index contributed by atoms with van der Waals surface area (Å²) in [5.41, 5.74) is -0.746. The minimum Gasteiger partial charge on any atom is -0.477 e. The lowest BCUT2D eigenvalue weighted by atomic mass is 10.4. The summed E-state index contributed by atoms with van der Waals surface area (Å²) in [5.74, 6) is -1.89. The molecule has 1 aromatic heterocycles. The number of carboxylic acids is 1. The van der Waals surface area contributed by atoms with Crippen molar-refractivity contribution in [3.8, 4) is 6.07 Å². The second kappa shape index (κ2) is 6.15. The monoisotopic (exact) mass is 266 g/mol. The van der Waals surface area contributed by atoms with Crippen LogP contribution in [0.5, 0.6) is 0 Å². The lowest BCUT2D eigenvalue weighted by molar-refractivity contribution is -0.384. The molecule has 100 valence electrons. The number of carboxylic acid groups (broad SMARTS) is 1. The van der Waals surface area contributed by atoms with Gasteiger partial charge in [-0.3, -0.25) is 14.9 Å². The van der Waals surface area contributed by atoms with Gasteiger partial charge in [0.2, 0.25) is 5.91 Å². The van der Waals surface area contributed by atoms with Crippen LogP contribution in [0.4, 0.5) is 5.69 Å². The first-order valence-electron chi connectivity index (χ1n) is 5.17. The van der Waals surface area contributed by atoms with Crippen molar-refractivity contribution in [3.63, 3.8) is 0 Å². The lowest BCUT2D eigenvalue weighted by Crippen LogP contribution is -2.29. The van der Waals surface area contributed by atoms with Crippen molar-refractivity contribution in [2.75, 3.05) is 6.54 Å². The SMILES string of the molecule is N#CCCNC(=O)Cn1cc([N+](=O)[O-])cc1C(=O)O. The Morgan fingerprint density at radius 2 is 2.26 bits per heavy atom. The van der Waals surface area contributed by atoms with E-state index in [1.54, 1.807) is 0 Å². The predicted molar refractivity (Wildman–Crippen MR) is 61.3 cm³/mol. The fourth-order valence-electron chi connectivity index (χ4n) is 1.37. The van der Waals surface area contributed by atoms with Gasteiger partial charge in [0.05, 0.1) is 23.6 Å². The summed E-state index contributed by atoms with van der Waals surface area (Å²) in [6.07, 6.45) is 1.11. The Morgan fingerprint density at radius 1 is 1.58 bits per heavy atom. The lowest BCUT2D eigenvalue weighted by Gasteiger charge is -2.05. The summed E-state index contributed by atoms with van der Waals surface area (Å²) in [5, 5.41) is 30.1. The molecule has 0 aliphatic carbocycles. The molecule has 1 heterocycles. The van der Waals surface area contributed by atoms with Gasteiger partial charge in [-0.2, -0.15) is 5.26 Å². The average molecular weight is 266 g/mol. The molecule has 0 bridgehead atoms. The topological polar surface area (TPSA) is 138 Å². The number of aromatic nitrogens is 1. The molecule has 0 unspecified atom stereocenters. The van der Waals surface area contributed by atoms with Gasteiger partial charge >= 0.3 is 5.97 Å². The zero-order chi connectivity index (χ0) is 14.4. The van der Waals surface area contributed by atoms with Crippen molar-refractivity contribution >= 4 is 17.6 Å². The number of nitriles is 1. The number of amides is 1. The standard InChI is InChI=1S/C10H10N4O5/c11-2-1-3-12-9(15)6-13-5-7(14(18)19)4-8(13)10(16)17/h4-5H,1,3,6H2,(H,12,15)(H,16,17). The number of carbonyl (C=O) groups excluding carboxylic acids is 1. The molecule has 0 saturated carbocycles. The number of hydrogen-bond acceptors (Lipinski definition) is 5. The van der Waals surface area contributed by atoms with Gasteiger partial charge in [-0.15, -0.1) is 0 Å². The quantitative estimate of drug-likeness (QED) is 0.426. The van der Waals surface area contributed by atoms with E-state index in [1.165, 1.54) is 0 Å². The first-order valence-corrected chi connectivity index (χ1v) is 5.17. The van der Waals surface area contributed by atoms with E-state index in [0.29, 0.717) is 0 Å². The minimum atomic E-state index is -1.36. The van der Waals surface area contributed by atoms with E-state index in [-0.39, 0.29) is 25.2 Å². The van der Waals surface area contributed by atoms with Crippen LogP contribution in [0.25, 0.3) is 0 Å². The molecule has 1 rings (SSSR count). The van der Waals surface area contributed by atoms with Crippen LogP contribution in [0.15, 0.2) is 12.3 Å². The van der Waals surface area contributed by atoms with Gasteiger partial charge in [0.15, 0.2) is 0 Å². The van der Waals surface area contributed by atoms with Crippen molar-refractivity contribution in [2.45, 2.75) is 13.0 Å². The normalized spacial score (nSPS) is 9.63. The van der Waals surface area contributed by atoms with Gasteiger partial charge in [0, 0.05) is 12.6 Å². The molecule has 2 N–H and O–H groups in total. The van der Waals surface area contributed by atoms with Crippen LogP contribution in [0.3, 0.4) is 0 Å². The molecule has 1 aromatic rings. The largest absolute Gasteiger partial charge is 0.477 e. The summed E-state index contributed by atoms with van der Waals surface area (Å²) in [6.45, 7) is -0.220. The van der Waals surface area contributed by atoms with Crippen molar-refractivity contribution < 1.29 is 19.6 Å². The van der Waals surface area contributed by atoms with Crippen molar-refractivity contribution in [1.29, 1.82) is 5.26 Å². The molecule has 0 aliphatic heterocycles. The van der Waals surface area contributed by atoms with E-state index in [2.05, 4.69) is 5.32 Å². The van der Waals surface area contributed by atoms with E-state index < -0.39 is 22.5 Å². The first-order chi connectivity index (χ1) is 8.95. The number of nitrogens with one attached hydrogen (secondary N) is 1. The van der Waals surface area contributed by atoms with Gasteiger partial charge in [0.1, 0.15) is 12.2 Å². The fourth-order valence-corrected chi connectivity index (χ4v) is 1.37. The van der Waals surface area contributed by atoms with Gasteiger partial charge < -0.3 is 15.0 Å². The summed E-state index contributed by atoms with van der Waals surface area (Å²) < 4.78 is 0.974. The first kappa shape index (κ1) is 14.2. The van der Waals surface area contributed by atoms with Crippen LogP contribution in [0, 0.1) is 21.4 Å². The van der Waals surface area contributed by atoms with Crippen LogP contribution in [-0.2, 0) is 11.3 Å². The van der Waals surface area contributed by atoms with Crippen molar-refractivity contribution in [2.24, 2.45) is 0 Å². The Morgan fingerprint density at radius 3 is 2.79 bits per heavy atom. The average Bonchev–Trinajstić information content (AvgIpc) is 2.73. The molecule has 0 aromatic carbocycles. The molecule has 0 fully saturated rings. The highest BCUT2D eigenvalue weighted by Crippen LogP contribution is 2.16. The molecule has 0 aliphatic rings. The maximum Gasteiger partial charge on any atom is 0.352 e. The Hall–Kier alpha value is -2.89. The Balaban J connectivity index is 2.82. The molecule has 9 nitrogen and oxygen atoms in total. The highest BCUT2D eigenvalue weighted by Gasteiger charge is 2.19. The Kier molecular flexibility index (Phi) is 4.59. The molecular formula is C10H10N4O5. The van der Waals surface area contributed by atoms with Gasteiger partial charge in [0.25, 0.3) is 5.69 Å². The van der Waals surface area contributed by atoms with Gasteiger partial charge in [-0.05, 0) is 0 Å². The second-order valence-corrected chi connectivity index (χ2v) is 3.53.